The van der Waals surface area contributed by atoms with Crippen molar-refractivity contribution in [2.45, 2.75) is 19.5 Å². The highest BCUT2D eigenvalue weighted by Gasteiger charge is 2.25. The molecule has 1 aliphatic rings. The second-order valence-corrected chi connectivity index (χ2v) is 4.92. The summed E-state index contributed by atoms with van der Waals surface area (Å²) in [4.78, 5) is 0. The second-order valence-electron chi connectivity index (χ2n) is 4.92. The van der Waals surface area contributed by atoms with Crippen molar-refractivity contribution in [1.82, 2.24) is 0 Å². The molecule has 0 aromatic carbocycles. The summed E-state index contributed by atoms with van der Waals surface area (Å²) < 4.78 is 152. The molecule has 0 amide bonds. The third-order valence-corrected chi connectivity index (χ3v) is 2.09. The number of nitrogens with zero attached hydrogens (tertiary/aromatic N) is 1. The van der Waals surface area contributed by atoms with Crippen molar-refractivity contribution >= 4 is 21.8 Å². The summed E-state index contributed by atoms with van der Waals surface area (Å²) in [6.07, 6.45) is 2.75. The molecule has 0 aliphatic carbocycles. The fourth-order valence-electron chi connectivity index (χ4n) is 1.54. The van der Waals surface area contributed by atoms with Gasteiger partial charge in [0.25, 0.3) is 0 Å². The summed E-state index contributed by atoms with van der Waals surface area (Å²) >= 11 is 0. The van der Waals surface area contributed by atoms with Crippen LogP contribution in [0, 0.1) is 0 Å². The number of ether oxygens (including phenoxy) is 1. The Morgan fingerprint density at radius 3 is 1.00 bits per heavy atom. The van der Waals surface area contributed by atoms with Crippen LogP contribution in [0.4, 0.5) is 65.0 Å². The van der Waals surface area contributed by atoms with Crippen LogP contribution in [-0.4, -0.2) is 66.9 Å². The topological polar surface area (TPSA) is 9.23 Å². The Labute approximate surface area is 150 Å². The Bertz CT molecular complexity index is 292. The van der Waals surface area contributed by atoms with E-state index in [1.54, 1.807) is 7.11 Å². The fourth-order valence-corrected chi connectivity index (χ4v) is 1.54. The minimum atomic E-state index is -6.00. The van der Waals surface area contributed by atoms with Gasteiger partial charge in [-0.2, -0.15) is 13.2 Å². The zero-order valence-electron chi connectivity index (χ0n) is 14.4. The molecule has 2 nitrogen and oxygen atoms in total. The maximum absolute atomic E-state index is 9.75. The van der Waals surface area contributed by atoms with Gasteiger partial charge in [0.15, 0.2) is 6.73 Å². The fraction of sp³-hybridized carbons (Fsp3) is 1.00. The molecule has 1 aliphatic heterocycles. The van der Waals surface area contributed by atoms with Gasteiger partial charge >= 0.3 is 28.4 Å². The monoisotopic (exact) mass is 461 g/mol. The summed E-state index contributed by atoms with van der Waals surface area (Å²) in [7, 11) is -14.0. The lowest BCUT2D eigenvalue weighted by Crippen LogP contribution is -2.42. The Morgan fingerprint density at radius 1 is 0.679 bits per heavy atom. The number of hydrogen-bond acceptors (Lipinski definition) is 1. The van der Waals surface area contributed by atoms with Gasteiger partial charge in [-0.25, -0.2) is 0 Å². The van der Waals surface area contributed by atoms with Gasteiger partial charge in [-0.1, -0.05) is 0 Å². The van der Waals surface area contributed by atoms with Crippen molar-refractivity contribution in [2.75, 3.05) is 34.0 Å². The first-order valence-electron chi connectivity index (χ1n) is 6.87. The van der Waals surface area contributed by atoms with Crippen LogP contribution in [0.15, 0.2) is 0 Å². The lowest BCUT2D eigenvalue weighted by atomic mass is 10.3. The number of alkyl halides is 3. The molecule has 0 aromatic heterocycles. The summed E-state index contributed by atoms with van der Waals surface area (Å²) in [5.41, 5.74) is 0. The molecule has 1 saturated heterocycles. The molecular weight excluding hydrogens is 443 g/mol. The predicted molar refractivity (Wildman–Crippen MR) is 74.7 cm³/mol. The largest absolute Gasteiger partial charge is 0.673 e. The van der Waals surface area contributed by atoms with Gasteiger partial charge in [-0.3, -0.25) is 0 Å². The molecule has 28 heavy (non-hydrogen) atoms. The Morgan fingerprint density at radius 2 is 0.857 bits per heavy atom. The first-order valence-corrected chi connectivity index (χ1v) is 6.87. The van der Waals surface area contributed by atoms with E-state index in [-0.39, 0.29) is 0 Å². The zero-order chi connectivity index (χ0) is 23.8. The lowest BCUT2D eigenvalue weighted by molar-refractivity contribution is -0.916. The van der Waals surface area contributed by atoms with E-state index in [9.17, 15) is 65.0 Å². The van der Waals surface area contributed by atoms with E-state index < -0.39 is 28.4 Å². The molecule has 0 atom stereocenters. The highest BCUT2D eigenvalue weighted by Crippen LogP contribution is 2.15. The van der Waals surface area contributed by atoms with Gasteiger partial charge in [-0.15, -0.1) is 0 Å². The van der Waals surface area contributed by atoms with E-state index in [4.69, 9.17) is 4.74 Å². The third kappa shape index (κ3) is 99.7. The van der Waals surface area contributed by atoms with Crippen molar-refractivity contribution in [3.8, 4) is 0 Å². The van der Waals surface area contributed by atoms with Gasteiger partial charge in [0, 0.05) is 20.0 Å². The summed E-state index contributed by atoms with van der Waals surface area (Å²) in [6, 6.07) is 0. The van der Waals surface area contributed by atoms with E-state index in [1.807, 2.05) is 0 Å². The molecule has 0 saturated carbocycles. The lowest BCUT2D eigenvalue weighted by Gasteiger charge is -2.27. The molecule has 0 aromatic rings. The molecule has 0 spiro atoms. The number of likely N-dealkylation sites (tertiary alicyclic amines) is 1. The van der Waals surface area contributed by atoms with Crippen LogP contribution in [0.1, 0.15) is 12.8 Å². The SMILES string of the molecule is COC[N+]1(C)CCCC1.FC(F)F.F[B-](F)(F)F.F[B-](F)(F)F.F[B-](F)(F)F. The van der Waals surface area contributed by atoms with Crippen LogP contribution in [0.3, 0.4) is 0 Å². The molecular formula is C8H17B3F15NO-2. The van der Waals surface area contributed by atoms with Gasteiger partial charge in [0.05, 0.1) is 20.1 Å². The first kappa shape index (κ1) is 34.6. The molecule has 176 valence electrons. The van der Waals surface area contributed by atoms with Crippen molar-refractivity contribution < 1.29 is 74.2 Å². The van der Waals surface area contributed by atoms with E-state index in [0.717, 1.165) is 11.2 Å². The normalized spacial score (nSPS) is 15.6. The standard InChI is InChI=1S/C7H16NO.CHF3.3BF4/c1-8(7-9-2)5-3-4-6-8;2-1(3)4;3*2-1(3,4)5/h3-7H2,1-2H3;1H;;;/q+1;;3*-1. The van der Waals surface area contributed by atoms with Crippen molar-refractivity contribution in [1.29, 1.82) is 0 Å². The minimum Gasteiger partial charge on any atom is -0.418 e. The molecule has 1 heterocycles. The molecule has 1 fully saturated rings. The Balaban J connectivity index is -0.000000134. The van der Waals surface area contributed by atoms with E-state index in [2.05, 4.69) is 7.05 Å². The maximum atomic E-state index is 9.75. The van der Waals surface area contributed by atoms with Crippen molar-refractivity contribution in [3.05, 3.63) is 0 Å². The quantitative estimate of drug-likeness (QED) is 0.283. The Hall–Kier alpha value is -0.935. The molecule has 1 rings (SSSR count). The second kappa shape index (κ2) is 15.9. The molecule has 20 heteroatoms. The van der Waals surface area contributed by atoms with Gasteiger partial charge in [0.1, 0.15) is 0 Å². The van der Waals surface area contributed by atoms with Gasteiger partial charge in [0.2, 0.25) is 0 Å². The molecule has 0 unspecified atom stereocenters. The van der Waals surface area contributed by atoms with Crippen molar-refractivity contribution in [2.24, 2.45) is 0 Å². The van der Waals surface area contributed by atoms with Crippen LogP contribution in [0.2, 0.25) is 0 Å². The number of halogens is 15. The number of methoxy groups -OCH3 is 1. The highest BCUT2D eigenvalue weighted by molar-refractivity contribution is 6.50. The average Bonchev–Trinajstić information content (AvgIpc) is 2.68. The minimum absolute atomic E-state index is 0.889. The summed E-state index contributed by atoms with van der Waals surface area (Å²) in [5, 5.41) is 0. The van der Waals surface area contributed by atoms with Crippen LogP contribution < -0.4 is 0 Å². The van der Waals surface area contributed by atoms with E-state index in [1.165, 1.54) is 25.9 Å². The van der Waals surface area contributed by atoms with E-state index >= 15 is 0 Å². The molecule has 0 bridgehead atoms. The predicted octanol–water partition coefficient (Wildman–Crippen LogP) is 5.91. The number of hydrogen-bond donors (Lipinski definition) is 0. The van der Waals surface area contributed by atoms with Crippen LogP contribution in [0.5, 0.6) is 0 Å². The maximum Gasteiger partial charge on any atom is 0.673 e. The van der Waals surface area contributed by atoms with E-state index in [0.29, 0.717) is 0 Å². The van der Waals surface area contributed by atoms with Gasteiger partial charge in [-0.05, 0) is 0 Å². The zero-order valence-corrected chi connectivity index (χ0v) is 14.4. The summed E-state index contributed by atoms with van der Waals surface area (Å²) in [6.45, 7) is -0.179. The van der Waals surface area contributed by atoms with Crippen molar-refractivity contribution in [3.63, 3.8) is 0 Å². The number of quaternary nitrogens is 1. The number of rotatable bonds is 2. The van der Waals surface area contributed by atoms with Crippen LogP contribution in [0.25, 0.3) is 0 Å². The van der Waals surface area contributed by atoms with Gasteiger partial charge < -0.3 is 61.0 Å². The first-order chi connectivity index (χ1) is 12.0. The average molecular weight is 461 g/mol. The molecule has 0 N–H and O–H groups in total. The van der Waals surface area contributed by atoms with Crippen LogP contribution in [-0.2, 0) is 4.74 Å². The highest BCUT2D eigenvalue weighted by atomic mass is 19.5. The third-order valence-electron chi connectivity index (χ3n) is 2.09. The molecule has 0 radical (unpaired) electrons. The summed E-state index contributed by atoms with van der Waals surface area (Å²) in [5.74, 6) is 0. The Kier molecular flexibility index (Phi) is 19.7. The van der Waals surface area contributed by atoms with Crippen LogP contribution >= 0.6 is 0 Å². The smallest absolute Gasteiger partial charge is 0.418 e.